The van der Waals surface area contributed by atoms with Gasteiger partial charge in [0.1, 0.15) is 16.8 Å². The Morgan fingerprint density at radius 2 is 1.84 bits per heavy atom. The summed E-state index contributed by atoms with van der Waals surface area (Å²) in [4.78, 5) is 34.0. The number of aryl methyl sites for hydroxylation is 1. The van der Waals surface area contributed by atoms with Gasteiger partial charge in [-0.05, 0) is 55.0 Å². The van der Waals surface area contributed by atoms with Crippen LogP contribution in [0.2, 0.25) is 0 Å². The van der Waals surface area contributed by atoms with Crippen molar-refractivity contribution < 1.29 is 22.7 Å². The highest BCUT2D eigenvalue weighted by atomic mass is 32.2. The lowest BCUT2D eigenvalue weighted by molar-refractivity contribution is -0.274. The van der Waals surface area contributed by atoms with Gasteiger partial charge >= 0.3 is 6.36 Å². The number of anilines is 1. The predicted octanol–water partition coefficient (Wildman–Crippen LogP) is 5.80. The maximum absolute atomic E-state index is 13.6. The van der Waals surface area contributed by atoms with Gasteiger partial charge < -0.3 is 15.0 Å². The number of alkyl halides is 3. The first-order valence-corrected chi connectivity index (χ1v) is 12.1. The zero-order valence-electron chi connectivity index (χ0n) is 19.3. The first-order valence-electron chi connectivity index (χ1n) is 11.1. The number of hydrogen-bond donors (Lipinski definition) is 2. The van der Waals surface area contributed by atoms with Gasteiger partial charge in [-0.2, -0.15) is 0 Å². The molecule has 2 aromatic heterocycles. The van der Waals surface area contributed by atoms with Crippen molar-refractivity contribution in [3.05, 3.63) is 88.7 Å². The Labute approximate surface area is 212 Å². The van der Waals surface area contributed by atoms with Gasteiger partial charge in [-0.15, -0.1) is 13.2 Å². The Balaban J connectivity index is 1.53. The van der Waals surface area contributed by atoms with Crippen molar-refractivity contribution in [2.24, 2.45) is 0 Å². The number of nitrogens with one attached hydrogen (secondary N) is 2. The van der Waals surface area contributed by atoms with E-state index >= 15 is 0 Å². The van der Waals surface area contributed by atoms with E-state index in [9.17, 15) is 22.8 Å². The molecule has 5 rings (SSSR count). The topological polar surface area (TPSA) is 89.0 Å². The van der Waals surface area contributed by atoms with E-state index < -0.39 is 17.7 Å². The highest BCUT2D eigenvalue weighted by molar-refractivity contribution is 7.99. The number of rotatable bonds is 6. The fraction of sp³-hybridized carbons (Fsp3) is 0.115. The quantitative estimate of drug-likeness (QED) is 0.216. The van der Waals surface area contributed by atoms with Crippen LogP contribution >= 0.6 is 11.8 Å². The number of fused-ring (bicyclic) bond motifs is 3. The summed E-state index contributed by atoms with van der Waals surface area (Å²) in [6, 6.07) is 19.5. The number of benzene rings is 3. The lowest BCUT2D eigenvalue weighted by Gasteiger charge is -2.14. The third-order valence-corrected chi connectivity index (χ3v) is 6.40. The molecule has 0 atom stereocenters. The van der Waals surface area contributed by atoms with E-state index in [4.69, 9.17) is 0 Å². The summed E-state index contributed by atoms with van der Waals surface area (Å²) in [5.41, 5.74) is 2.84. The fourth-order valence-corrected chi connectivity index (χ4v) is 4.72. The van der Waals surface area contributed by atoms with Crippen LogP contribution in [0.25, 0.3) is 27.6 Å². The van der Waals surface area contributed by atoms with E-state index in [-0.39, 0.29) is 28.0 Å². The molecule has 0 bridgehead atoms. The number of thioether (sulfide) groups is 1. The number of hydrogen-bond acceptors (Lipinski definition) is 5. The normalized spacial score (nSPS) is 11.7. The minimum atomic E-state index is -4.84. The SMILES string of the molecule is Cc1cccc(NC(=O)CSc2nc3c([nH]c4ccccc43)c(=O)n2-c2ccc(OC(F)(F)F)cc2)c1. The van der Waals surface area contributed by atoms with Crippen molar-refractivity contribution in [2.45, 2.75) is 18.4 Å². The fourth-order valence-electron chi connectivity index (χ4n) is 3.91. The van der Waals surface area contributed by atoms with Crippen molar-refractivity contribution in [1.82, 2.24) is 14.5 Å². The van der Waals surface area contributed by atoms with Crippen LogP contribution in [-0.4, -0.2) is 32.6 Å². The van der Waals surface area contributed by atoms with Crippen LogP contribution in [0.4, 0.5) is 18.9 Å². The second-order valence-corrected chi connectivity index (χ2v) is 9.12. The standard InChI is InChI=1S/C26H19F3N4O3S/c1-15-5-4-6-16(13-15)30-21(34)14-37-25-32-22-19-7-2-3-8-20(19)31-23(22)24(35)33(25)17-9-11-18(12-10-17)36-26(27,28)29/h2-13,31H,14H2,1H3,(H,30,34). The minimum Gasteiger partial charge on any atom is -0.406 e. The largest absolute Gasteiger partial charge is 0.573 e. The second-order valence-electron chi connectivity index (χ2n) is 8.18. The number of halogens is 3. The zero-order chi connectivity index (χ0) is 26.2. The number of amides is 1. The van der Waals surface area contributed by atoms with Crippen LogP contribution in [0.5, 0.6) is 5.75 Å². The van der Waals surface area contributed by atoms with E-state index in [1.165, 1.54) is 16.7 Å². The molecule has 11 heteroatoms. The van der Waals surface area contributed by atoms with Crippen molar-refractivity contribution >= 4 is 45.3 Å². The molecular formula is C26H19F3N4O3S. The molecule has 0 aliphatic heterocycles. The molecule has 0 unspecified atom stereocenters. The number of para-hydroxylation sites is 1. The molecule has 37 heavy (non-hydrogen) atoms. The van der Waals surface area contributed by atoms with E-state index in [1.54, 1.807) is 6.07 Å². The van der Waals surface area contributed by atoms with Gasteiger partial charge in [-0.3, -0.25) is 14.2 Å². The highest BCUT2D eigenvalue weighted by Gasteiger charge is 2.31. The van der Waals surface area contributed by atoms with Gasteiger partial charge in [-0.1, -0.05) is 42.1 Å². The zero-order valence-corrected chi connectivity index (χ0v) is 20.1. The van der Waals surface area contributed by atoms with Crippen LogP contribution < -0.4 is 15.6 Å². The van der Waals surface area contributed by atoms with Crippen molar-refractivity contribution in [3.8, 4) is 11.4 Å². The third kappa shape index (κ3) is 5.31. The number of aromatic nitrogens is 3. The van der Waals surface area contributed by atoms with Gasteiger partial charge in [-0.25, -0.2) is 4.98 Å². The van der Waals surface area contributed by atoms with Gasteiger partial charge in [0, 0.05) is 16.6 Å². The molecule has 2 heterocycles. The van der Waals surface area contributed by atoms with Crippen molar-refractivity contribution in [1.29, 1.82) is 0 Å². The van der Waals surface area contributed by atoms with E-state index in [0.29, 0.717) is 16.7 Å². The Morgan fingerprint density at radius 1 is 1.08 bits per heavy atom. The van der Waals surface area contributed by atoms with Crippen LogP contribution in [0.3, 0.4) is 0 Å². The molecule has 5 aromatic rings. The number of carbonyl (C=O) groups excluding carboxylic acids is 1. The average molecular weight is 525 g/mol. The molecule has 0 saturated heterocycles. The molecule has 0 fully saturated rings. The first-order chi connectivity index (χ1) is 17.7. The summed E-state index contributed by atoms with van der Waals surface area (Å²) >= 11 is 1.04. The summed E-state index contributed by atoms with van der Waals surface area (Å²) in [6.45, 7) is 1.91. The molecule has 0 radical (unpaired) electrons. The average Bonchev–Trinajstić information content (AvgIpc) is 3.22. The molecule has 7 nitrogen and oxygen atoms in total. The smallest absolute Gasteiger partial charge is 0.406 e. The van der Waals surface area contributed by atoms with Crippen molar-refractivity contribution in [2.75, 3.05) is 11.1 Å². The Kier molecular flexibility index (Phi) is 6.38. The molecule has 0 aliphatic rings. The van der Waals surface area contributed by atoms with Crippen LogP contribution in [0.15, 0.2) is 82.7 Å². The number of nitrogens with zero attached hydrogens (tertiary/aromatic N) is 2. The third-order valence-electron chi connectivity index (χ3n) is 5.46. The van der Waals surface area contributed by atoms with Crippen LogP contribution in [0, 0.1) is 6.92 Å². The molecule has 3 aromatic carbocycles. The Morgan fingerprint density at radius 3 is 2.57 bits per heavy atom. The van der Waals surface area contributed by atoms with E-state index in [1.807, 2.05) is 49.4 Å². The number of ether oxygens (including phenoxy) is 1. The first kappa shape index (κ1) is 24.4. The molecule has 2 N–H and O–H groups in total. The molecule has 0 saturated carbocycles. The van der Waals surface area contributed by atoms with Crippen LogP contribution in [-0.2, 0) is 4.79 Å². The second kappa shape index (κ2) is 9.66. The molecule has 1 amide bonds. The summed E-state index contributed by atoms with van der Waals surface area (Å²) < 4.78 is 43.0. The number of H-pyrrole nitrogens is 1. The summed E-state index contributed by atoms with van der Waals surface area (Å²) in [6.07, 6.45) is -4.84. The minimum absolute atomic E-state index is 0.0521. The molecule has 0 spiro atoms. The maximum atomic E-state index is 13.6. The monoisotopic (exact) mass is 524 g/mol. The van der Waals surface area contributed by atoms with E-state index in [0.717, 1.165) is 34.8 Å². The Hall–Kier alpha value is -4.25. The van der Waals surface area contributed by atoms with Gasteiger partial charge in [0.25, 0.3) is 5.56 Å². The maximum Gasteiger partial charge on any atom is 0.573 e. The van der Waals surface area contributed by atoms with Gasteiger partial charge in [0.2, 0.25) is 5.91 Å². The summed E-state index contributed by atoms with van der Waals surface area (Å²) in [5.74, 6) is -0.774. The lowest BCUT2D eigenvalue weighted by atomic mass is 10.2. The van der Waals surface area contributed by atoms with Gasteiger partial charge in [0.15, 0.2) is 5.16 Å². The summed E-state index contributed by atoms with van der Waals surface area (Å²) in [5, 5.41) is 3.77. The molecule has 0 aliphatic carbocycles. The van der Waals surface area contributed by atoms with E-state index in [2.05, 4.69) is 20.0 Å². The van der Waals surface area contributed by atoms with Crippen LogP contribution in [0.1, 0.15) is 5.56 Å². The van der Waals surface area contributed by atoms with Gasteiger partial charge in [0.05, 0.1) is 11.4 Å². The predicted molar refractivity (Wildman–Crippen MR) is 136 cm³/mol. The summed E-state index contributed by atoms with van der Waals surface area (Å²) in [7, 11) is 0. The molecular weight excluding hydrogens is 505 g/mol. The Bertz CT molecular complexity index is 1680. The number of aromatic amines is 1. The molecule has 188 valence electrons. The lowest BCUT2D eigenvalue weighted by Crippen LogP contribution is -2.23. The number of carbonyl (C=O) groups is 1. The van der Waals surface area contributed by atoms with Crippen molar-refractivity contribution in [3.63, 3.8) is 0 Å². The highest BCUT2D eigenvalue weighted by Crippen LogP contribution is 2.28.